The van der Waals surface area contributed by atoms with Crippen LogP contribution in [0, 0.1) is 0 Å². The normalized spacial score (nSPS) is 17.3. The highest BCUT2D eigenvalue weighted by Gasteiger charge is 2.52. The summed E-state index contributed by atoms with van der Waals surface area (Å²) in [6.07, 6.45) is 0. The van der Waals surface area contributed by atoms with Crippen molar-refractivity contribution < 1.29 is 29.1 Å². The number of carbonyl (C=O) groups excluding carboxylic acids is 1. The van der Waals surface area contributed by atoms with E-state index in [-0.39, 0.29) is 0 Å². The first-order valence-electron chi connectivity index (χ1n) is 7.09. The van der Waals surface area contributed by atoms with Gasteiger partial charge >= 0.3 is 11.9 Å². The third-order valence-corrected chi connectivity index (χ3v) is 2.51. The Morgan fingerprint density at radius 3 is 1.91 bits per heavy atom. The van der Waals surface area contributed by atoms with Gasteiger partial charge in [0.1, 0.15) is 0 Å². The lowest BCUT2D eigenvalue weighted by Gasteiger charge is -2.31. The first-order valence-corrected chi connectivity index (χ1v) is 7.09. The van der Waals surface area contributed by atoms with Crippen molar-refractivity contribution in [3.05, 3.63) is 35.4 Å². The molecule has 0 aliphatic carbocycles. The highest BCUT2D eigenvalue weighted by Crippen LogP contribution is 2.40. The van der Waals surface area contributed by atoms with Crippen LogP contribution in [-0.4, -0.2) is 17.2 Å². The van der Waals surface area contributed by atoms with Gasteiger partial charge in [-0.15, -0.1) is 0 Å². The molecule has 122 valence electrons. The van der Waals surface area contributed by atoms with Gasteiger partial charge in [0.15, 0.2) is 0 Å². The maximum Gasteiger partial charge on any atom is 0.412 e. The summed E-state index contributed by atoms with van der Waals surface area (Å²) in [5, 5.41) is 0. The number of cyclic esters (lactones) is 1. The molecule has 0 radical (unpaired) electrons. The van der Waals surface area contributed by atoms with Crippen LogP contribution in [0.3, 0.4) is 0 Å². The van der Waals surface area contributed by atoms with Crippen LogP contribution in [0.25, 0.3) is 0 Å². The maximum atomic E-state index is 12.0. The number of carbonyl (C=O) groups is 1. The molecular weight excluding hydrogens is 288 g/mol. The summed E-state index contributed by atoms with van der Waals surface area (Å²) in [6, 6.07) is 6.76. The molecule has 0 aromatic heterocycles. The van der Waals surface area contributed by atoms with Gasteiger partial charge in [-0.05, 0) is 53.7 Å². The fourth-order valence-electron chi connectivity index (χ4n) is 1.66. The Balaban J connectivity index is 2.33. The minimum absolute atomic E-state index is 0.345. The number of hydrogen-bond donors (Lipinski definition) is 0. The van der Waals surface area contributed by atoms with E-state index >= 15 is 0 Å². The molecule has 1 aliphatic heterocycles. The summed E-state index contributed by atoms with van der Waals surface area (Å²) in [6.45, 7) is 10.8. The molecule has 1 aromatic rings. The zero-order valence-corrected chi connectivity index (χ0v) is 13.8. The van der Waals surface area contributed by atoms with E-state index in [1.54, 1.807) is 65.8 Å². The Bertz CT molecular complexity index is 534. The van der Waals surface area contributed by atoms with Crippen molar-refractivity contribution in [1.29, 1.82) is 0 Å². The molecule has 6 heteroatoms. The summed E-state index contributed by atoms with van der Waals surface area (Å²) in [5.41, 5.74) is -0.504. The molecule has 0 amide bonds. The molecule has 1 aromatic carbocycles. The molecule has 0 saturated carbocycles. The fourth-order valence-corrected chi connectivity index (χ4v) is 1.66. The van der Waals surface area contributed by atoms with Crippen LogP contribution in [0.15, 0.2) is 24.3 Å². The topological polar surface area (TPSA) is 63.2 Å². The van der Waals surface area contributed by atoms with Gasteiger partial charge in [0.05, 0.1) is 22.3 Å². The van der Waals surface area contributed by atoms with E-state index in [0.29, 0.717) is 11.1 Å². The molecular formula is C16H22O6. The van der Waals surface area contributed by atoms with Crippen LogP contribution in [0.1, 0.15) is 57.5 Å². The summed E-state index contributed by atoms with van der Waals surface area (Å²) in [5.74, 6) is -2.44. The molecule has 0 spiro atoms. The quantitative estimate of drug-likeness (QED) is 0.367. The molecule has 0 fully saturated rings. The van der Waals surface area contributed by atoms with Crippen molar-refractivity contribution in [3.8, 4) is 0 Å². The van der Waals surface area contributed by atoms with Crippen molar-refractivity contribution in [2.24, 2.45) is 0 Å². The lowest BCUT2D eigenvalue weighted by atomic mass is 10.1. The van der Waals surface area contributed by atoms with Crippen LogP contribution in [0.2, 0.25) is 0 Å². The summed E-state index contributed by atoms with van der Waals surface area (Å²) < 4.78 is 5.28. The third-order valence-electron chi connectivity index (χ3n) is 2.51. The van der Waals surface area contributed by atoms with E-state index in [9.17, 15) is 4.79 Å². The first-order chi connectivity index (χ1) is 10.0. The number of esters is 1. The van der Waals surface area contributed by atoms with Crippen LogP contribution in [-0.2, 0) is 30.3 Å². The molecule has 0 saturated heterocycles. The molecule has 0 unspecified atom stereocenters. The van der Waals surface area contributed by atoms with Crippen molar-refractivity contribution >= 4 is 5.97 Å². The molecule has 0 bridgehead atoms. The van der Waals surface area contributed by atoms with E-state index in [1.165, 1.54) is 0 Å². The van der Waals surface area contributed by atoms with Crippen molar-refractivity contribution in [1.82, 2.24) is 0 Å². The van der Waals surface area contributed by atoms with Crippen LogP contribution in [0.5, 0.6) is 0 Å². The molecule has 22 heavy (non-hydrogen) atoms. The Hall–Kier alpha value is -1.47. The average Bonchev–Trinajstić information content (AvgIpc) is 2.67. The zero-order valence-electron chi connectivity index (χ0n) is 13.8. The molecule has 0 atom stereocenters. The highest BCUT2D eigenvalue weighted by molar-refractivity contribution is 5.94. The molecule has 1 heterocycles. The SMILES string of the molecule is CC(C)(C)OOC1(OOC(C)(C)C)OC(=O)c2ccccc21. The zero-order chi connectivity index (χ0) is 16.6. The predicted molar refractivity (Wildman–Crippen MR) is 77.4 cm³/mol. The molecule has 0 N–H and O–H groups in total. The van der Waals surface area contributed by atoms with Crippen molar-refractivity contribution in [2.75, 3.05) is 0 Å². The van der Waals surface area contributed by atoms with Gasteiger partial charge in [-0.2, -0.15) is 9.78 Å². The smallest absolute Gasteiger partial charge is 0.397 e. The second-order valence-corrected chi connectivity index (χ2v) is 7.05. The fraction of sp³-hybridized carbons (Fsp3) is 0.562. The minimum Gasteiger partial charge on any atom is -0.397 e. The first kappa shape index (κ1) is 16.9. The molecule has 2 rings (SSSR count). The second-order valence-electron chi connectivity index (χ2n) is 7.05. The Morgan fingerprint density at radius 2 is 1.41 bits per heavy atom. The summed E-state index contributed by atoms with van der Waals surface area (Å²) in [7, 11) is 0. The van der Waals surface area contributed by atoms with Gasteiger partial charge in [0, 0.05) is 0 Å². The van der Waals surface area contributed by atoms with E-state index in [2.05, 4.69) is 0 Å². The average molecular weight is 310 g/mol. The summed E-state index contributed by atoms with van der Waals surface area (Å²) in [4.78, 5) is 33.4. The van der Waals surface area contributed by atoms with Gasteiger partial charge < -0.3 is 4.74 Å². The van der Waals surface area contributed by atoms with Gasteiger partial charge in [0.2, 0.25) is 0 Å². The van der Waals surface area contributed by atoms with Crippen molar-refractivity contribution in [2.45, 2.75) is 58.7 Å². The summed E-state index contributed by atoms with van der Waals surface area (Å²) >= 11 is 0. The Morgan fingerprint density at radius 1 is 0.909 bits per heavy atom. The van der Waals surface area contributed by atoms with E-state index < -0.39 is 23.1 Å². The van der Waals surface area contributed by atoms with Gasteiger partial charge in [-0.1, -0.05) is 12.1 Å². The van der Waals surface area contributed by atoms with Crippen LogP contribution >= 0.6 is 0 Å². The van der Waals surface area contributed by atoms with E-state index in [1.807, 2.05) is 0 Å². The second kappa shape index (κ2) is 5.62. The Labute approximate surface area is 130 Å². The lowest BCUT2D eigenvalue weighted by molar-refractivity contribution is -0.598. The largest absolute Gasteiger partial charge is 0.412 e. The van der Waals surface area contributed by atoms with Gasteiger partial charge in [0.25, 0.3) is 0 Å². The lowest BCUT2D eigenvalue weighted by Crippen LogP contribution is -2.39. The van der Waals surface area contributed by atoms with Crippen LogP contribution < -0.4 is 0 Å². The standard InChI is InChI=1S/C16H22O6/c1-14(2,3)19-21-16(22-20-15(4,5)6)12-10-8-7-9-11(12)13(17)18-16/h7-10H,1-6H3. The highest BCUT2D eigenvalue weighted by atomic mass is 17.4. The van der Waals surface area contributed by atoms with Crippen LogP contribution in [0.4, 0.5) is 0 Å². The number of rotatable bonds is 4. The van der Waals surface area contributed by atoms with E-state index in [4.69, 9.17) is 24.3 Å². The minimum atomic E-state index is -1.88. The third kappa shape index (κ3) is 3.84. The Kier molecular flexibility index (Phi) is 4.32. The van der Waals surface area contributed by atoms with Gasteiger partial charge in [-0.25, -0.2) is 14.6 Å². The number of fused-ring (bicyclic) bond motifs is 1. The predicted octanol–water partition coefficient (Wildman–Crippen LogP) is 3.46. The molecule has 6 nitrogen and oxygen atoms in total. The van der Waals surface area contributed by atoms with E-state index in [0.717, 1.165) is 0 Å². The molecule has 1 aliphatic rings. The number of ether oxygens (including phenoxy) is 1. The number of hydrogen-bond acceptors (Lipinski definition) is 6. The monoisotopic (exact) mass is 310 g/mol. The van der Waals surface area contributed by atoms with Crippen molar-refractivity contribution in [3.63, 3.8) is 0 Å². The van der Waals surface area contributed by atoms with Gasteiger partial charge in [-0.3, -0.25) is 0 Å². The maximum absolute atomic E-state index is 12.0. The number of benzene rings is 1.